The van der Waals surface area contributed by atoms with Crippen LogP contribution in [-0.2, 0) is 4.79 Å². The minimum Gasteiger partial charge on any atom is -0.486 e. The van der Waals surface area contributed by atoms with Crippen molar-refractivity contribution < 1.29 is 14.3 Å². The number of fused-ring (bicyclic) bond motifs is 1. The number of halogens is 1. The predicted octanol–water partition coefficient (Wildman–Crippen LogP) is 4.31. The molecule has 3 rings (SSSR count). The van der Waals surface area contributed by atoms with Crippen molar-refractivity contribution >= 4 is 23.6 Å². The van der Waals surface area contributed by atoms with E-state index in [0.29, 0.717) is 35.8 Å². The Morgan fingerprint density at radius 1 is 1.17 bits per heavy atom. The van der Waals surface area contributed by atoms with Crippen LogP contribution < -0.4 is 9.47 Å². The van der Waals surface area contributed by atoms with E-state index in [-0.39, 0.29) is 5.91 Å². The van der Waals surface area contributed by atoms with E-state index in [1.807, 2.05) is 18.0 Å². The van der Waals surface area contributed by atoms with Gasteiger partial charge in [0.05, 0.1) is 5.02 Å². The van der Waals surface area contributed by atoms with Gasteiger partial charge >= 0.3 is 0 Å². The molecule has 1 heterocycles. The number of carbonyl (C=O) groups is 1. The quantitative estimate of drug-likeness (QED) is 0.603. The Morgan fingerprint density at radius 2 is 1.88 bits per heavy atom. The lowest BCUT2D eigenvalue weighted by molar-refractivity contribution is -0.126. The van der Waals surface area contributed by atoms with Gasteiger partial charge in [-0.2, -0.15) is 0 Å². The fourth-order valence-electron chi connectivity index (χ4n) is 3.34. The molecule has 5 heteroatoms. The summed E-state index contributed by atoms with van der Waals surface area (Å²) in [5.74, 6) is 1.26. The molecule has 4 nitrogen and oxygen atoms in total. The number of likely N-dealkylation sites (N-methyl/N-ethyl adjacent to an activating group) is 1. The number of hydrogen-bond acceptors (Lipinski definition) is 3. The monoisotopic (exact) mass is 349 g/mol. The summed E-state index contributed by atoms with van der Waals surface area (Å²) in [5.41, 5.74) is 0.840. The van der Waals surface area contributed by atoms with Gasteiger partial charge in [-0.3, -0.25) is 4.79 Å². The van der Waals surface area contributed by atoms with E-state index in [0.717, 1.165) is 18.4 Å². The standard InChI is InChI=1S/C19H24ClNO3/c1-21(15-6-4-2-3-5-7-15)18(22)9-8-14-12-16(20)19-17(13-14)23-10-11-24-19/h8-9,12-13,15H,2-7,10-11H2,1H3/b9-8+. The zero-order valence-corrected chi connectivity index (χ0v) is 14.8. The molecule has 0 atom stereocenters. The fraction of sp³-hybridized carbons (Fsp3) is 0.526. The largest absolute Gasteiger partial charge is 0.486 e. The van der Waals surface area contributed by atoms with Gasteiger partial charge in [-0.05, 0) is 36.6 Å². The normalized spacial score (nSPS) is 18.4. The first-order valence-corrected chi connectivity index (χ1v) is 9.07. The SMILES string of the molecule is CN(C(=O)/C=C/c1cc(Cl)c2c(c1)OCCO2)C1CCCCCC1. The second kappa shape index (κ2) is 7.93. The highest BCUT2D eigenvalue weighted by molar-refractivity contribution is 6.32. The number of hydrogen-bond donors (Lipinski definition) is 0. The van der Waals surface area contributed by atoms with Crippen LogP contribution in [0.2, 0.25) is 5.02 Å². The third kappa shape index (κ3) is 4.04. The van der Waals surface area contributed by atoms with Crippen molar-refractivity contribution in [1.82, 2.24) is 4.90 Å². The predicted molar refractivity (Wildman–Crippen MR) is 95.7 cm³/mol. The van der Waals surface area contributed by atoms with E-state index in [4.69, 9.17) is 21.1 Å². The molecule has 2 aliphatic rings. The summed E-state index contributed by atoms with van der Waals surface area (Å²) in [6, 6.07) is 4.01. The molecular formula is C19H24ClNO3. The topological polar surface area (TPSA) is 38.8 Å². The zero-order valence-electron chi connectivity index (χ0n) is 14.1. The van der Waals surface area contributed by atoms with Crippen LogP contribution in [0.25, 0.3) is 6.08 Å². The molecule has 1 aliphatic heterocycles. The molecule has 1 aromatic carbocycles. The van der Waals surface area contributed by atoms with Gasteiger partial charge in [0, 0.05) is 19.2 Å². The molecule has 24 heavy (non-hydrogen) atoms. The van der Waals surface area contributed by atoms with Crippen LogP contribution in [0, 0.1) is 0 Å². The average molecular weight is 350 g/mol. The van der Waals surface area contributed by atoms with Gasteiger partial charge in [-0.1, -0.05) is 37.3 Å². The van der Waals surface area contributed by atoms with E-state index in [1.165, 1.54) is 25.7 Å². The van der Waals surface area contributed by atoms with Gasteiger partial charge in [-0.25, -0.2) is 0 Å². The van der Waals surface area contributed by atoms with Crippen LogP contribution >= 0.6 is 11.6 Å². The molecule has 1 aliphatic carbocycles. The summed E-state index contributed by atoms with van der Waals surface area (Å²) in [5, 5.41) is 0.511. The van der Waals surface area contributed by atoms with Crippen molar-refractivity contribution in [3.63, 3.8) is 0 Å². The third-order valence-corrected chi connectivity index (χ3v) is 5.04. The van der Waals surface area contributed by atoms with Gasteiger partial charge in [0.15, 0.2) is 11.5 Å². The molecule has 0 aromatic heterocycles. The lowest BCUT2D eigenvalue weighted by atomic mass is 10.1. The number of ether oxygens (including phenoxy) is 2. The van der Waals surface area contributed by atoms with Crippen molar-refractivity contribution in [3.8, 4) is 11.5 Å². The molecule has 1 aromatic rings. The highest BCUT2D eigenvalue weighted by Gasteiger charge is 2.20. The second-order valence-electron chi connectivity index (χ2n) is 6.45. The second-order valence-corrected chi connectivity index (χ2v) is 6.86. The average Bonchev–Trinajstić information content (AvgIpc) is 2.88. The molecular weight excluding hydrogens is 326 g/mol. The highest BCUT2D eigenvalue weighted by atomic mass is 35.5. The van der Waals surface area contributed by atoms with E-state index < -0.39 is 0 Å². The number of benzene rings is 1. The summed E-state index contributed by atoms with van der Waals surface area (Å²) in [4.78, 5) is 14.3. The maximum atomic E-state index is 12.5. The molecule has 0 radical (unpaired) electrons. The van der Waals surface area contributed by atoms with Gasteiger partial charge in [-0.15, -0.1) is 0 Å². The Kier molecular flexibility index (Phi) is 5.67. The van der Waals surface area contributed by atoms with Crippen LogP contribution in [-0.4, -0.2) is 37.1 Å². The van der Waals surface area contributed by atoms with Crippen molar-refractivity contribution in [2.75, 3.05) is 20.3 Å². The van der Waals surface area contributed by atoms with E-state index in [9.17, 15) is 4.79 Å². The molecule has 0 spiro atoms. The first-order valence-electron chi connectivity index (χ1n) is 8.69. The molecule has 1 saturated carbocycles. The number of carbonyl (C=O) groups excluding carboxylic acids is 1. The number of amides is 1. The Morgan fingerprint density at radius 3 is 2.62 bits per heavy atom. The van der Waals surface area contributed by atoms with Crippen molar-refractivity contribution in [2.24, 2.45) is 0 Å². The van der Waals surface area contributed by atoms with Crippen LogP contribution in [0.5, 0.6) is 11.5 Å². The molecule has 1 fully saturated rings. The summed E-state index contributed by atoms with van der Waals surface area (Å²) in [7, 11) is 1.90. The third-order valence-electron chi connectivity index (χ3n) is 4.76. The lowest BCUT2D eigenvalue weighted by Crippen LogP contribution is -2.35. The van der Waals surface area contributed by atoms with Crippen molar-refractivity contribution in [3.05, 3.63) is 28.8 Å². The van der Waals surface area contributed by atoms with Gasteiger partial charge < -0.3 is 14.4 Å². The van der Waals surface area contributed by atoms with Crippen LogP contribution in [0.3, 0.4) is 0 Å². The summed E-state index contributed by atoms with van der Waals surface area (Å²) in [6.45, 7) is 1.02. The van der Waals surface area contributed by atoms with Crippen LogP contribution in [0.4, 0.5) is 0 Å². The zero-order chi connectivity index (χ0) is 16.9. The Balaban J connectivity index is 1.68. The Bertz CT molecular complexity index is 621. The Labute approximate surface area is 148 Å². The van der Waals surface area contributed by atoms with Crippen molar-refractivity contribution in [1.29, 1.82) is 0 Å². The van der Waals surface area contributed by atoms with Crippen LogP contribution in [0.1, 0.15) is 44.1 Å². The maximum Gasteiger partial charge on any atom is 0.246 e. The lowest BCUT2D eigenvalue weighted by Gasteiger charge is -2.26. The number of nitrogens with zero attached hydrogens (tertiary/aromatic N) is 1. The Hall–Kier alpha value is -1.68. The van der Waals surface area contributed by atoms with Crippen LogP contribution in [0.15, 0.2) is 18.2 Å². The first-order chi connectivity index (χ1) is 11.6. The molecule has 0 N–H and O–H groups in total. The van der Waals surface area contributed by atoms with E-state index in [1.54, 1.807) is 18.2 Å². The molecule has 0 saturated heterocycles. The van der Waals surface area contributed by atoms with E-state index in [2.05, 4.69) is 0 Å². The number of rotatable bonds is 3. The molecule has 0 bridgehead atoms. The fourth-order valence-corrected chi connectivity index (χ4v) is 3.61. The van der Waals surface area contributed by atoms with Gasteiger partial charge in [0.2, 0.25) is 5.91 Å². The molecule has 1 amide bonds. The highest BCUT2D eigenvalue weighted by Crippen LogP contribution is 2.38. The van der Waals surface area contributed by atoms with Crippen molar-refractivity contribution in [2.45, 2.75) is 44.6 Å². The summed E-state index contributed by atoms with van der Waals surface area (Å²) >= 11 is 6.23. The van der Waals surface area contributed by atoms with E-state index >= 15 is 0 Å². The van der Waals surface area contributed by atoms with Gasteiger partial charge in [0.25, 0.3) is 0 Å². The first kappa shape index (κ1) is 17.2. The van der Waals surface area contributed by atoms with Gasteiger partial charge in [0.1, 0.15) is 13.2 Å². The maximum absolute atomic E-state index is 12.5. The smallest absolute Gasteiger partial charge is 0.246 e. The molecule has 0 unspecified atom stereocenters. The summed E-state index contributed by atoms with van der Waals surface area (Å²) in [6.07, 6.45) is 10.6. The molecule has 130 valence electrons. The minimum atomic E-state index is 0.0351. The summed E-state index contributed by atoms with van der Waals surface area (Å²) < 4.78 is 11.1. The minimum absolute atomic E-state index is 0.0351.